The van der Waals surface area contributed by atoms with Gasteiger partial charge in [-0.15, -0.1) is 0 Å². The summed E-state index contributed by atoms with van der Waals surface area (Å²) in [7, 11) is 0. The maximum Gasteiger partial charge on any atom is 0.112 e. The summed E-state index contributed by atoms with van der Waals surface area (Å²) in [6.45, 7) is 0.681. The number of aliphatic hydroxyl groups excluding tert-OH is 1. The fourth-order valence-corrected chi connectivity index (χ4v) is 1.38. The Hall–Kier alpha value is -1.02. The normalized spacial score (nSPS) is 34.7. The Morgan fingerprint density at radius 3 is 3.27 bits per heavy atom. The van der Waals surface area contributed by atoms with Crippen LogP contribution >= 0.6 is 0 Å². The van der Waals surface area contributed by atoms with Crippen LogP contribution in [0.3, 0.4) is 0 Å². The number of rotatable bonds is 0. The highest BCUT2D eigenvalue weighted by Gasteiger charge is 2.20. The molecule has 58 valence electrons. The lowest BCUT2D eigenvalue weighted by atomic mass is 9.95. The molecule has 0 saturated carbocycles. The quantitative estimate of drug-likeness (QED) is 0.531. The maximum atomic E-state index is 9.13. The van der Waals surface area contributed by atoms with Gasteiger partial charge in [-0.05, 0) is 12.2 Å². The van der Waals surface area contributed by atoms with Crippen molar-refractivity contribution in [3.63, 3.8) is 0 Å². The number of allylic oxidation sites excluding steroid dienone is 1. The Kier molecular flexibility index (Phi) is 1.55. The molecular weight excluding hydrogens is 140 g/mol. The van der Waals surface area contributed by atoms with Crippen molar-refractivity contribution in [2.75, 3.05) is 6.61 Å². The zero-order valence-electron chi connectivity index (χ0n) is 6.10. The van der Waals surface area contributed by atoms with Crippen LogP contribution in [-0.4, -0.2) is 17.8 Å². The van der Waals surface area contributed by atoms with Crippen molar-refractivity contribution in [2.24, 2.45) is 5.92 Å². The summed E-state index contributed by atoms with van der Waals surface area (Å²) in [5.41, 5.74) is 0. The lowest BCUT2D eigenvalue weighted by Crippen LogP contribution is -2.24. The number of hydrogen-bond acceptors (Lipinski definition) is 2. The number of fused-ring (bicyclic) bond motifs is 1. The van der Waals surface area contributed by atoms with Gasteiger partial charge in [0, 0.05) is 5.92 Å². The van der Waals surface area contributed by atoms with E-state index in [1.165, 1.54) is 0 Å². The van der Waals surface area contributed by atoms with Gasteiger partial charge in [0.15, 0.2) is 0 Å². The minimum atomic E-state index is 0.135. The lowest BCUT2D eigenvalue weighted by molar-refractivity contribution is 0.0783. The van der Waals surface area contributed by atoms with Gasteiger partial charge in [-0.25, -0.2) is 0 Å². The molecule has 0 saturated heterocycles. The van der Waals surface area contributed by atoms with Crippen molar-refractivity contribution in [3.8, 4) is 0 Å². The Morgan fingerprint density at radius 1 is 1.45 bits per heavy atom. The van der Waals surface area contributed by atoms with Gasteiger partial charge in [-0.2, -0.15) is 0 Å². The summed E-state index contributed by atoms with van der Waals surface area (Å²) < 4.78 is 5.40. The molecule has 2 atom stereocenters. The molecular formula is C9H10O2. The van der Waals surface area contributed by atoms with Crippen LogP contribution in [0.25, 0.3) is 0 Å². The van der Waals surface area contributed by atoms with E-state index in [2.05, 4.69) is 6.08 Å². The number of aliphatic hydroxyl groups is 1. The van der Waals surface area contributed by atoms with Crippen LogP contribution < -0.4 is 0 Å². The van der Waals surface area contributed by atoms with Gasteiger partial charge in [-0.1, -0.05) is 18.2 Å². The van der Waals surface area contributed by atoms with E-state index in [4.69, 9.17) is 9.84 Å². The van der Waals surface area contributed by atoms with Crippen molar-refractivity contribution in [3.05, 3.63) is 36.1 Å². The van der Waals surface area contributed by atoms with Crippen LogP contribution in [-0.2, 0) is 4.74 Å². The van der Waals surface area contributed by atoms with E-state index in [0.29, 0.717) is 12.4 Å². The smallest absolute Gasteiger partial charge is 0.112 e. The monoisotopic (exact) mass is 150 g/mol. The minimum absolute atomic E-state index is 0.135. The van der Waals surface area contributed by atoms with Crippen LogP contribution in [0.4, 0.5) is 0 Å². The van der Waals surface area contributed by atoms with Crippen molar-refractivity contribution in [2.45, 2.75) is 6.10 Å². The van der Waals surface area contributed by atoms with Crippen LogP contribution in [0.15, 0.2) is 36.1 Å². The van der Waals surface area contributed by atoms with Crippen LogP contribution in [0, 0.1) is 5.92 Å². The predicted molar refractivity (Wildman–Crippen MR) is 42.2 cm³/mol. The van der Waals surface area contributed by atoms with Gasteiger partial charge in [0.05, 0.1) is 12.7 Å². The highest BCUT2D eigenvalue weighted by atomic mass is 16.5. The van der Waals surface area contributed by atoms with Gasteiger partial charge in [0.1, 0.15) is 5.76 Å². The van der Waals surface area contributed by atoms with Gasteiger partial charge in [0.2, 0.25) is 0 Å². The van der Waals surface area contributed by atoms with E-state index < -0.39 is 0 Å². The molecule has 2 nitrogen and oxygen atoms in total. The molecule has 0 spiro atoms. The third kappa shape index (κ3) is 1.21. The first-order valence-corrected chi connectivity index (χ1v) is 3.73. The van der Waals surface area contributed by atoms with E-state index in [9.17, 15) is 0 Å². The standard InChI is InChI=1S/C9H10O2/c10-8-3-4-9-7(6-8)2-1-5-11-9/h1-4,6-7,9-10H,5H2. The molecule has 0 bridgehead atoms. The van der Waals surface area contributed by atoms with Crippen LogP contribution in [0.1, 0.15) is 0 Å². The lowest BCUT2D eigenvalue weighted by Gasteiger charge is -2.25. The topological polar surface area (TPSA) is 29.5 Å². The van der Waals surface area contributed by atoms with Crippen LogP contribution in [0.2, 0.25) is 0 Å². The molecule has 1 N–H and O–H groups in total. The first kappa shape index (κ1) is 6.68. The van der Waals surface area contributed by atoms with Gasteiger partial charge < -0.3 is 9.84 Å². The zero-order valence-corrected chi connectivity index (χ0v) is 6.10. The summed E-state index contributed by atoms with van der Waals surface area (Å²) in [6, 6.07) is 0. The molecule has 0 fully saturated rings. The fraction of sp³-hybridized carbons (Fsp3) is 0.333. The summed E-state index contributed by atoms with van der Waals surface area (Å²) in [5, 5.41) is 9.13. The van der Waals surface area contributed by atoms with Crippen molar-refractivity contribution >= 4 is 0 Å². The number of ether oxygens (including phenoxy) is 1. The van der Waals surface area contributed by atoms with Gasteiger partial charge in [0.25, 0.3) is 0 Å². The molecule has 0 aromatic carbocycles. The third-order valence-electron chi connectivity index (χ3n) is 1.94. The molecule has 2 aliphatic rings. The molecule has 0 aromatic rings. The SMILES string of the molecule is OC1=CC2C=CCOC2C=C1. The largest absolute Gasteiger partial charge is 0.508 e. The summed E-state index contributed by atoms with van der Waals surface area (Å²) in [4.78, 5) is 0. The summed E-state index contributed by atoms with van der Waals surface area (Å²) in [6.07, 6.45) is 9.55. The first-order chi connectivity index (χ1) is 5.36. The molecule has 1 heterocycles. The molecule has 1 aliphatic carbocycles. The number of hydrogen-bond donors (Lipinski definition) is 1. The molecule has 11 heavy (non-hydrogen) atoms. The average Bonchev–Trinajstić information content (AvgIpc) is 2.04. The summed E-state index contributed by atoms with van der Waals surface area (Å²) >= 11 is 0. The van der Waals surface area contributed by atoms with Crippen molar-refractivity contribution in [1.29, 1.82) is 0 Å². The van der Waals surface area contributed by atoms with E-state index >= 15 is 0 Å². The Bertz CT molecular complexity index is 238. The highest BCUT2D eigenvalue weighted by Crippen LogP contribution is 2.22. The molecule has 0 radical (unpaired) electrons. The minimum Gasteiger partial charge on any atom is -0.508 e. The summed E-state index contributed by atoms with van der Waals surface area (Å²) in [5.74, 6) is 0.565. The van der Waals surface area contributed by atoms with Crippen molar-refractivity contribution in [1.82, 2.24) is 0 Å². The van der Waals surface area contributed by atoms with Crippen LogP contribution in [0.5, 0.6) is 0 Å². The van der Waals surface area contributed by atoms with E-state index in [1.54, 1.807) is 12.2 Å². The predicted octanol–water partition coefficient (Wildman–Crippen LogP) is 1.57. The molecule has 2 heteroatoms. The molecule has 2 unspecified atom stereocenters. The highest BCUT2D eigenvalue weighted by molar-refractivity contribution is 5.25. The van der Waals surface area contributed by atoms with Gasteiger partial charge >= 0.3 is 0 Å². The van der Waals surface area contributed by atoms with Crippen molar-refractivity contribution < 1.29 is 9.84 Å². The third-order valence-corrected chi connectivity index (χ3v) is 1.94. The zero-order chi connectivity index (χ0) is 7.68. The van der Waals surface area contributed by atoms with E-state index in [0.717, 1.165) is 0 Å². The second-order valence-electron chi connectivity index (χ2n) is 2.75. The second kappa shape index (κ2) is 2.55. The Morgan fingerprint density at radius 2 is 2.36 bits per heavy atom. The second-order valence-corrected chi connectivity index (χ2v) is 2.75. The van der Waals surface area contributed by atoms with E-state index in [1.807, 2.05) is 12.2 Å². The average molecular weight is 150 g/mol. The molecule has 1 aliphatic heterocycles. The molecule has 2 rings (SSSR count). The Balaban J connectivity index is 2.24. The molecule has 0 aromatic heterocycles. The maximum absolute atomic E-state index is 9.13. The first-order valence-electron chi connectivity index (χ1n) is 3.73. The fourth-order valence-electron chi connectivity index (χ4n) is 1.38. The van der Waals surface area contributed by atoms with Gasteiger partial charge in [-0.3, -0.25) is 0 Å². The van der Waals surface area contributed by atoms with E-state index in [-0.39, 0.29) is 12.0 Å². The Labute approximate surface area is 65.5 Å². The molecule has 0 amide bonds.